The Labute approximate surface area is 134 Å². The summed E-state index contributed by atoms with van der Waals surface area (Å²) in [6, 6.07) is 0. The van der Waals surface area contributed by atoms with Gasteiger partial charge < -0.3 is 13.7 Å². The van der Waals surface area contributed by atoms with E-state index in [9.17, 15) is 0 Å². The van der Waals surface area contributed by atoms with E-state index in [1.807, 2.05) is 0 Å². The van der Waals surface area contributed by atoms with E-state index in [4.69, 9.17) is 4.74 Å². The lowest BCUT2D eigenvalue weighted by molar-refractivity contribution is -0.925. The SMILES string of the molecule is CCCC[N+](C)(C)CCOCC[N+](CC)(CC)CCCC. The van der Waals surface area contributed by atoms with Crippen LogP contribution in [0.3, 0.4) is 0 Å². The quantitative estimate of drug-likeness (QED) is 0.352. The molecule has 0 rings (SSSR count). The van der Waals surface area contributed by atoms with Gasteiger partial charge in [0.25, 0.3) is 0 Å². The molecule has 0 N–H and O–H groups in total. The van der Waals surface area contributed by atoms with Crippen LogP contribution in [0.2, 0.25) is 0 Å². The lowest BCUT2D eigenvalue weighted by Crippen LogP contribution is -2.50. The second kappa shape index (κ2) is 11.4. The van der Waals surface area contributed by atoms with Gasteiger partial charge in [0.1, 0.15) is 13.1 Å². The molecule has 0 amide bonds. The second-order valence-electron chi connectivity index (χ2n) is 7.12. The average molecular weight is 303 g/mol. The molecule has 0 heterocycles. The summed E-state index contributed by atoms with van der Waals surface area (Å²) in [5.74, 6) is 0. The van der Waals surface area contributed by atoms with E-state index in [1.165, 1.54) is 62.9 Å². The van der Waals surface area contributed by atoms with Gasteiger partial charge in [0.2, 0.25) is 0 Å². The first-order chi connectivity index (χ1) is 9.95. The van der Waals surface area contributed by atoms with Crippen molar-refractivity contribution in [1.29, 1.82) is 0 Å². The largest absolute Gasteiger partial charge is 0.370 e. The van der Waals surface area contributed by atoms with E-state index in [1.54, 1.807) is 0 Å². The molecule has 0 saturated carbocycles. The fourth-order valence-electron chi connectivity index (χ4n) is 2.83. The molecule has 0 atom stereocenters. The van der Waals surface area contributed by atoms with Gasteiger partial charge in [-0.1, -0.05) is 26.7 Å². The molecule has 21 heavy (non-hydrogen) atoms. The molecule has 0 fully saturated rings. The summed E-state index contributed by atoms with van der Waals surface area (Å²) in [5, 5.41) is 0. The highest BCUT2D eigenvalue weighted by Crippen LogP contribution is 2.09. The van der Waals surface area contributed by atoms with Crippen LogP contribution < -0.4 is 0 Å². The summed E-state index contributed by atoms with van der Waals surface area (Å²) in [6.45, 7) is 18.4. The summed E-state index contributed by atoms with van der Waals surface area (Å²) in [7, 11) is 4.64. The number of rotatable bonds is 14. The zero-order valence-corrected chi connectivity index (χ0v) is 15.8. The van der Waals surface area contributed by atoms with Gasteiger partial charge in [0.15, 0.2) is 0 Å². The van der Waals surface area contributed by atoms with E-state index in [0.29, 0.717) is 0 Å². The Morgan fingerprint density at radius 1 is 0.667 bits per heavy atom. The minimum absolute atomic E-state index is 0.901. The van der Waals surface area contributed by atoms with Gasteiger partial charge >= 0.3 is 0 Å². The van der Waals surface area contributed by atoms with Gasteiger partial charge in [0.05, 0.1) is 53.5 Å². The normalized spacial score (nSPS) is 12.9. The Bertz CT molecular complexity index is 237. The van der Waals surface area contributed by atoms with Crippen molar-refractivity contribution in [1.82, 2.24) is 0 Å². The Balaban J connectivity index is 3.94. The van der Waals surface area contributed by atoms with Crippen molar-refractivity contribution >= 4 is 0 Å². The maximum atomic E-state index is 5.96. The fourth-order valence-corrected chi connectivity index (χ4v) is 2.83. The molecule has 0 aliphatic carbocycles. The van der Waals surface area contributed by atoms with E-state index in [-0.39, 0.29) is 0 Å². The summed E-state index contributed by atoms with van der Waals surface area (Å²) < 4.78 is 8.27. The number of hydrogen-bond acceptors (Lipinski definition) is 1. The van der Waals surface area contributed by atoms with Gasteiger partial charge in [-0.25, -0.2) is 0 Å². The smallest absolute Gasteiger partial charge is 0.102 e. The molecular formula is C18H42N2O+2. The van der Waals surface area contributed by atoms with E-state index >= 15 is 0 Å². The van der Waals surface area contributed by atoms with Crippen LogP contribution in [-0.4, -0.2) is 75.5 Å². The minimum Gasteiger partial charge on any atom is -0.370 e. The van der Waals surface area contributed by atoms with Crippen molar-refractivity contribution in [2.24, 2.45) is 0 Å². The number of quaternary nitrogens is 2. The first-order valence-electron chi connectivity index (χ1n) is 9.20. The highest BCUT2D eigenvalue weighted by molar-refractivity contribution is 4.44. The summed E-state index contributed by atoms with van der Waals surface area (Å²) in [6.07, 6.45) is 5.23. The van der Waals surface area contributed by atoms with Crippen LogP contribution in [0.1, 0.15) is 53.4 Å². The molecule has 0 aromatic carbocycles. The molecule has 0 radical (unpaired) electrons. The minimum atomic E-state index is 0.901. The number of hydrogen-bond donors (Lipinski definition) is 0. The van der Waals surface area contributed by atoms with Crippen LogP contribution in [0, 0.1) is 0 Å². The Hall–Kier alpha value is -0.120. The third-order valence-electron chi connectivity index (χ3n) is 5.00. The monoisotopic (exact) mass is 302 g/mol. The molecule has 0 bridgehead atoms. The maximum Gasteiger partial charge on any atom is 0.102 e. The highest BCUT2D eigenvalue weighted by Gasteiger charge is 2.22. The van der Waals surface area contributed by atoms with E-state index in [0.717, 1.165) is 24.2 Å². The van der Waals surface area contributed by atoms with Crippen LogP contribution in [-0.2, 0) is 4.74 Å². The van der Waals surface area contributed by atoms with Crippen LogP contribution in [0.25, 0.3) is 0 Å². The average Bonchev–Trinajstić information content (AvgIpc) is 2.48. The number of nitrogens with zero attached hydrogens (tertiary/aromatic N) is 2. The van der Waals surface area contributed by atoms with Crippen molar-refractivity contribution < 1.29 is 13.7 Å². The third kappa shape index (κ3) is 9.49. The molecule has 0 aromatic heterocycles. The first kappa shape index (κ1) is 20.9. The topological polar surface area (TPSA) is 9.23 Å². The number of ether oxygens (including phenoxy) is 1. The molecule has 0 aromatic rings. The summed E-state index contributed by atoms with van der Waals surface area (Å²) in [4.78, 5) is 0. The zero-order chi connectivity index (χ0) is 16.2. The third-order valence-corrected chi connectivity index (χ3v) is 5.00. The van der Waals surface area contributed by atoms with Crippen LogP contribution >= 0.6 is 0 Å². The van der Waals surface area contributed by atoms with Crippen molar-refractivity contribution in [3.63, 3.8) is 0 Å². The maximum absolute atomic E-state index is 5.96. The van der Waals surface area contributed by atoms with E-state index < -0.39 is 0 Å². The van der Waals surface area contributed by atoms with Crippen molar-refractivity contribution in [2.75, 3.05) is 66.6 Å². The molecule has 0 unspecified atom stereocenters. The van der Waals surface area contributed by atoms with Gasteiger partial charge in [-0.15, -0.1) is 0 Å². The van der Waals surface area contributed by atoms with Crippen LogP contribution in [0.4, 0.5) is 0 Å². The Morgan fingerprint density at radius 2 is 1.19 bits per heavy atom. The van der Waals surface area contributed by atoms with Crippen LogP contribution in [0.5, 0.6) is 0 Å². The Kier molecular flexibility index (Phi) is 11.4. The van der Waals surface area contributed by atoms with Crippen molar-refractivity contribution in [2.45, 2.75) is 53.4 Å². The standard InChI is InChI=1S/C18H42N2O/c1-7-11-13-19(5,6)15-17-21-18-16-20(9-3,10-4)14-12-8-2/h7-18H2,1-6H3/q+2. The molecule has 0 saturated heterocycles. The lowest BCUT2D eigenvalue weighted by Gasteiger charge is -2.37. The Morgan fingerprint density at radius 3 is 1.71 bits per heavy atom. The van der Waals surface area contributed by atoms with Crippen molar-refractivity contribution in [3.05, 3.63) is 0 Å². The molecule has 3 nitrogen and oxygen atoms in total. The summed E-state index contributed by atoms with van der Waals surface area (Å²) >= 11 is 0. The predicted molar refractivity (Wildman–Crippen MR) is 93.6 cm³/mol. The fraction of sp³-hybridized carbons (Fsp3) is 1.00. The molecule has 0 spiro atoms. The highest BCUT2D eigenvalue weighted by atomic mass is 16.5. The van der Waals surface area contributed by atoms with Gasteiger partial charge in [0, 0.05) is 0 Å². The van der Waals surface area contributed by atoms with Crippen molar-refractivity contribution in [3.8, 4) is 0 Å². The number of unbranched alkanes of at least 4 members (excludes halogenated alkanes) is 2. The molecule has 3 heteroatoms. The first-order valence-corrected chi connectivity index (χ1v) is 9.20. The lowest BCUT2D eigenvalue weighted by atomic mass is 10.2. The van der Waals surface area contributed by atoms with Gasteiger partial charge in [-0.2, -0.15) is 0 Å². The molecule has 0 aliphatic heterocycles. The predicted octanol–water partition coefficient (Wildman–Crippen LogP) is 3.54. The van der Waals surface area contributed by atoms with E-state index in [2.05, 4.69) is 41.8 Å². The van der Waals surface area contributed by atoms with Crippen LogP contribution in [0.15, 0.2) is 0 Å². The molecular weight excluding hydrogens is 260 g/mol. The number of likely N-dealkylation sites (N-methyl/N-ethyl adjacent to an activating group) is 2. The van der Waals surface area contributed by atoms with Gasteiger partial charge in [-0.05, 0) is 26.7 Å². The zero-order valence-electron chi connectivity index (χ0n) is 15.8. The summed E-state index contributed by atoms with van der Waals surface area (Å²) in [5.41, 5.74) is 0. The van der Waals surface area contributed by atoms with Gasteiger partial charge in [-0.3, -0.25) is 0 Å². The molecule has 0 aliphatic rings. The second-order valence-corrected chi connectivity index (χ2v) is 7.12. The molecule has 128 valence electrons.